The Kier molecular flexibility index (Phi) is 12.1. The number of hydrogen-bond acceptors (Lipinski definition) is 5. The Morgan fingerprint density at radius 1 is 0.307 bits per heavy atom. The van der Waals surface area contributed by atoms with E-state index in [1.54, 1.807) is 0 Å². The summed E-state index contributed by atoms with van der Waals surface area (Å²) in [6.07, 6.45) is 0. The normalized spacial score (nSPS) is 11.8. The number of fused-ring (bicyclic) bond motifs is 8. The van der Waals surface area contributed by atoms with E-state index in [2.05, 4.69) is 267 Å². The molecule has 0 spiro atoms. The average Bonchev–Trinajstić information content (AvgIpc) is 2.59. The highest BCUT2D eigenvalue weighted by Gasteiger charge is 2.30. The Morgan fingerprint density at radius 2 is 0.727 bits per heavy atom. The number of benzene rings is 12. The van der Waals surface area contributed by atoms with Crippen LogP contribution in [-0.2, 0) is 6.54 Å². The Hall–Kier alpha value is -11.9. The van der Waals surface area contributed by atoms with E-state index in [1.807, 2.05) is 54.6 Å². The molecule has 12 aromatic carbocycles. The summed E-state index contributed by atoms with van der Waals surface area (Å²) in [6, 6.07) is 105. The molecule has 0 amide bonds. The van der Waals surface area contributed by atoms with Crippen molar-refractivity contribution in [2.24, 2.45) is 0 Å². The summed E-state index contributed by atoms with van der Waals surface area (Å²) in [4.78, 5) is 16.3. The molecule has 16 aromatic rings. The maximum atomic E-state index is 7.18. The third kappa shape index (κ3) is 8.79. The molecule has 0 saturated heterocycles. The minimum absolute atomic E-state index is 0.671. The number of rotatable bonds is 12. The van der Waals surface area contributed by atoms with Gasteiger partial charge in [-0.25, -0.2) is 15.0 Å². The van der Waals surface area contributed by atoms with Crippen LogP contribution in [0.25, 0.3) is 129 Å². The second kappa shape index (κ2) is 21.0. The molecule has 414 valence electrons. The van der Waals surface area contributed by atoms with E-state index in [0.717, 1.165) is 125 Å². The first-order valence-corrected chi connectivity index (χ1v) is 29.6. The first-order valence-electron chi connectivity index (χ1n) is 29.6. The van der Waals surface area contributed by atoms with E-state index in [4.69, 9.17) is 24.4 Å². The molecule has 0 unspecified atom stereocenters. The number of aromatic nitrogens is 7. The maximum Gasteiger partial charge on any atom is 0.213 e. The maximum absolute atomic E-state index is 7.18. The summed E-state index contributed by atoms with van der Waals surface area (Å²) in [5.74, 6) is 5.21. The molecule has 9 heteroatoms. The summed E-state index contributed by atoms with van der Waals surface area (Å²) >= 11 is 0. The van der Waals surface area contributed by atoms with Crippen LogP contribution in [-0.4, -0.2) is 28.7 Å². The molecule has 4 aromatic heterocycles. The predicted molar refractivity (Wildman–Crippen MR) is 353 cm³/mol. The van der Waals surface area contributed by atoms with E-state index in [1.165, 1.54) is 27.7 Å². The van der Waals surface area contributed by atoms with Crippen molar-refractivity contribution < 1.29 is 14.0 Å². The smallest absolute Gasteiger partial charge is 0.213 e. The molecule has 0 fully saturated rings. The molecular weight excluding hydrogens is 1080 g/mol. The van der Waals surface area contributed by atoms with Gasteiger partial charge >= 0.3 is 0 Å². The molecule has 1 aliphatic heterocycles. The fourth-order valence-electron chi connectivity index (χ4n) is 12.8. The van der Waals surface area contributed by atoms with Gasteiger partial charge in [-0.2, -0.15) is 4.57 Å². The number of imidazole rings is 3. The standard InChI is InChI=1S/C79H52N7O2/c1-5-21-52(22-6-1)66-49-64(50-67(53-23-7-2-8-24-53)76(66)88-63-41-37-55-51-83-71-33-17-13-25-54(71)38-44-72(83)65(55)48-63)87-62-42-39-61(40-43-62)86-75-36-20-16-32-70(75)82-79(86)58-46-56(77-80-68-30-14-18-34-73(68)84(77)59-26-9-3-10-27-59)45-57(47-58)78-81-69-31-15-19-35-74(69)85(78)60-28-11-4-12-29-60/h1-50H,51H2/q+1. The van der Waals surface area contributed by atoms with Crippen LogP contribution in [0.3, 0.4) is 0 Å². The Labute approximate surface area is 507 Å². The van der Waals surface area contributed by atoms with Crippen LogP contribution in [0.15, 0.2) is 303 Å². The van der Waals surface area contributed by atoms with E-state index < -0.39 is 0 Å². The number of hydrogen-bond donors (Lipinski definition) is 0. The van der Waals surface area contributed by atoms with Gasteiger partial charge in [-0.05, 0) is 157 Å². The minimum atomic E-state index is 0.671. The Bertz CT molecular complexity index is 5150. The molecule has 1 aliphatic rings. The number of nitrogens with zero attached hydrogens (tertiary/aromatic N) is 7. The van der Waals surface area contributed by atoms with Crippen LogP contribution in [0.1, 0.15) is 5.56 Å². The molecule has 0 radical (unpaired) electrons. The second-order valence-corrected chi connectivity index (χ2v) is 22.2. The lowest BCUT2D eigenvalue weighted by Gasteiger charge is -2.19. The van der Waals surface area contributed by atoms with E-state index in [-0.39, 0.29) is 0 Å². The molecule has 9 nitrogen and oxygen atoms in total. The van der Waals surface area contributed by atoms with E-state index in [0.29, 0.717) is 11.5 Å². The van der Waals surface area contributed by atoms with Gasteiger partial charge < -0.3 is 9.47 Å². The van der Waals surface area contributed by atoms with Crippen molar-refractivity contribution >= 4 is 44.0 Å². The zero-order valence-electron chi connectivity index (χ0n) is 47.5. The van der Waals surface area contributed by atoms with Crippen LogP contribution in [0.4, 0.5) is 0 Å². The molecule has 0 atom stereocenters. The van der Waals surface area contributed by atoms with Crippen LogP contribution < -0.4 is 14.0 Å². The number of para-hydroxylation sites is 9. The highest BCUT2D eigenvalue weighted by atomic mass is 16.5. The van der Waals surface area contributed by atoms with E-state index in [9.17, 15) is 0 Å². The molecule has 17 rings (SSSR count). The van der Waals surface area contributed by atoms with Crippen molar-refractivity contribution in [2.75, 3.05) is 0 Å². The fraction of sp³-hybridized carbons (Fsp3) is 0.0127. The molecule has 0 bridgehead atoms. The van der Waals surface area contributed by atoms with Gasteiger partial charge in [-0.1, -0.05) is 146 Å². The molecule has 0 saturated carbocycles. The van der Waals surface area contributed by atoms with Crippen molar-refractivity contribution in [1.82, 2.24) is 28.7 Å². The van der Waals surface area contributed by atoms with Crippen LogP contribution >= 0.6 is 0 Å². The lowest BCUT2D eigenvalue weighted by atomic mass is 9.96. The number of pyridine rings is 1. The topological polar surface area (TPSA) is 75.8 Å². The third-order valence-electron chi connectivity index (χ3n) is 16.8. The van der Waals surface area contributed by atoms with Crippen molar-refractivity contribution in [3.8, 4) is 108 Å². The molecular formula is C79H52N7O2+. The first-order chi connectivity index (χ1) is 43.6. The van der Waals surface area contributed by atoms with Crippen molar-refractivity contribution in [3.63, 3.8) is 0 Å². The zero-order valence-corrected chi connectivity index (χ0v) is 47.5. The van der Waals surface area contributed by atoms with E-state index >= 15 is 0 Å². The SMILES string of the molecule is c1ccc(-c2cc(Oc3ccc(-n4c(-c5cc(-c6nc7ccccc7n6-c6ccccc6)cc(-c6nc7ccccc7n6-c6ccccc6)c5)nc5ccccc54)cc3)cc(-c3ccccc3)c2Oc2ccc3c(c2)-c2ccc4ccccc4[n+]2C3)cc1. The van der Waals surface area contributed by atoms with Gasteiger partial charge in [0, 0.05) is 68.0 Å². The van der Waals surface area contributed by atoms with Crippen molar-refractivity contribution in [3.05, 3.63) is 309 Å². The zero-order chi connectivity index (χ0) is 58.1. The molecule has 5 heterocycles. The summed E-state index contributed by atoms with van der Waals surface area (Å²) < 4.78 is 23.3. The third-order valence-corrected chi connectivity index (χ3v) is 16.8. The number of ether oxygens (including phenoxy) is 2. The highest BCUT2D eigenvalue weighted by molar-refractivity contribution is 5.91. The van der Waals surface area contributed by atoms with Gasteiger partial charge in [0.1, 0.15) is 40.5 Å². The van der Waals surface area contributed by atoms with Gasteiger partial charge in [0.2, 0.25) is 11.2 Å². The average molecular weight is 1130 g/mol. The predicted octanol–water partition coefficient (Wildman–Crippen LogP) is 19.1. The highest BCUT2D eigenvalue weighted by Crippen LogP contribution is 2.47. The first kappa shape index (κ1) is 50.6. The Morgan fingerprint density at radius 3 is 1.24 bits per heavy atom. The molecule has 0 aliphatic carbocycles. The molecule has 0 N–H and O–H groups in total. The van der Waals surface area contributed by atoms with Crippen molar-refractivity contribution in [2.45, 2.75) is 6.54 Å². The minimum Gasteiger partial charge on any atom is -0.457 e. The summed E-state index contributed by atoms with van der Waals surface area (Å²) in [6.45, 7) is 0.806. The van der Waals surface area contributed by atoms with Gasteiger partial charge in [-0.15, -0.1) is 0 Å². The lowest BCUT2D eigenvalue weighted by molar-refractivity contribution is -0.645. The van der Waals surface area contributed by atoms with Crippen LogP contribution in [0.2, 0.25) is 0 Å². The van der Waals surface area contributed by atoms with Gasteiger partial charge in [0.15, 0.2) is 6.54 Å². The monoisotopic (exact) mass is 1130 g/mol. The largest absolute Gasteiger partial charge is 0.457 e. The van der Waals surface area contributed by atoms with Crippen molar-refractivity contribution in [1.29, 1.82) is 0 Å². The van der Waals surface area contributed by atoms with Crippen LogP contribution in [0.5, 0.6) is 23.0 Å². The lowest BCUT2D eigenvalue weighted by Crippen LogP contribution is -2.33. The summed E-state index contributed by atoms with van der Waals surface area (Å²) in [5.41, 5.74) is 19.9. The summed E-state index contributed by atoms with van der Waals surface area (Å²) in [7, 11) is 0. The molecule has 88 heavy (non-hydrogen) atoms. The van der Waals surface area contributed by atoms with Crippen LogP contribution in [0, 0.1) is 0 Å². The van der Waals surface area contributed by atoms with Gasteiger partial charge in [0.05, 0.1) is 38.7 Å². The second-order valence-electron chi connectivity index (χ2n) is 22.2. The fourth-order valence-corrected chi connectivity index (χ4v) is 12.8. The quantitative estimate of drug-likeness (QED) is 0.114. The van der Waals surface area contributed by atoms with Gasteiger partial charge in [0.25, 0.3) is 0 Å². The Balaban J connectivity index is 0.789. The summed E-state index contributed by atoms with van der Waals surface area (Å²) in [5, 5.41) is 1.22. The van der Waals surface area contributed by atoms with Gasteiger partial charge in [-0.3, -0.25) is 13.7 Å².